The third kappa shape index (κ3) is 4.84. The van der Waals surface area contributed by atoms with Gasteiger partial charge in [0.1, 0.15) is 5.82 Å². The summed E-state index contributed by atoms with van der Waals surface area (Å²) in [5.74, 6) is -0.512. The summed E-state index contributed by atoms with van der Waals surface area (Å²) in [6.07, 6.45) is 4.27. The fourth-order valence-electron chi connectivity index (χ4n) is 1.78. The Morgan fingerprint density at radius 2 is 2.00 bits per heavy atom. The van der Waals surface area contributed by atoms with Crippen molar-refractivity contribution in [1.82, 2.24) is 0 Å². The number of aryl methyl sites for hydroxylation is 1. The van der Waals surface area contributed by atoms with E-state index in [0.29, 0.717) is 18.7 Å². The molecule has 0 radical (unpaired) electrons. The molecule has 100 valence electrons. The smallest absolute Gasteiger partial charge is 0.224 e. The van der Waals surface area contributed by atoms with Crippen LogP contribution >= 0.6 is 0 Å². The predicted molar refractivity (Wildman–Crippen MR) is 71.9 cm³/mol. The van der Waals surface area contributed by atoms with Crippen LogP contribution in [-0.4, -0.2) is 12.5 Å². The van der Waals surface area contributed by atoms with Gasteiger partial charge < -0.3 is 11.1 Å². The molecule has 0 fully saturated rings. The molecule has 0 aliphatic heterocycles. The van der Waals surface area contributed by atoms with Gasteiger partial charge in [0.15, 0.2) is 0 Å². The topological polar surface area (TPSA) is 55.1 Å². The number of anilines is 1. The quantitative estimate of drug-likeness (QED) is 0.733. The van der Waals surface area contributed by atoms with Crippen molar-refractivity contribution in [3.63, 3.8) is 0 Å². The van der Waals surface area contributed by atoms with E-state index in [1.54, 1.807) is 19.1 Å². The van der Waals surface area contributed by atoms with Gasteiger partial charge in [-0.15, -0.1) is 0 Å². The molecule has 0 saturated heterocycles. The zero-order valence-electron chi connectivity index (χ0n) is 10.8. The molecule has 3 nitrogen and oxygen atoms in total. The Kier molecular flexibility index (Phi) is 6.36. The minimum absolute atomic E-state index is 0.129. The largest absolute Gasteiger partial charge is 0.330 e. The molecule has 3 N–H and O–H groups in total. The maximum atomic E-state index is 13.5. The molecular weight excluding hydrogens is 231 g/mol. The lowest BCUT2D eigenvalue weighted by Gasteiger charge is -2.09. The predicted octanol–water partition coefficient (Wildman–Crippen LogP) is 2.98. The number of carbonyl (C=O) groups is 1. The molecule has 0 bridgehead atoms. The van der Waals surface area contributed by atoms with Crippen LogP contribution in [0.25, 0.3) is 0 Å². The summed E-state index contributed by atoms with van der Waals surface area (Å²) in [5.41, 5.74) is 6.42. The van der Waals surface area contributed by atoms with Gasteiger partial charge in [0.05, 0.1) is 5.69 Å². The first-order valence-electron chi connectivity index (χ1n) is 6.40. The molecule has 0 atom stereocenters. The van der Waals surface area contributed by atoms with Crippen molar-refractivity contribution < 1.29 is 9.18 Å². The fraction of sp³-hybridized carbons (Fsp3) is 0.500. The summed E-state index contributed by atoms with van der Waals surface area (Å²) in [6, 6.07) is 4.76. The fourth-order valence-corrected chi connectivity index (χ4v) is 1.78. The van der Waals surface area contributed by atoms with E-state index in [9.17, 15) is 9.18 Å². The van der Waals surface area contributed by atoms with Gasteiger partial charge in [0, 0.05) is 6.42 Å². The first-order chi connectivity index (χ1) is 8.65. The van der Waals surface area contributed by atoms with Gasteiger partial charge in [-0.3, -0.25) is 4.79 Å². The highest BCUT2D eigenvalue weighted by Gasteiger charge is 2.08. The normalized spacial score (nSPS) is 10.4. The summed E-state index contributed by atoms with van der Waals surface area (Å²) < 4.78 is 13.5. The average molecular weight is 252 g/mol. The Labute approximate surface area is 108 Å². The lowest BCUT2D eigenvalue weighted by Crippen LogP contribution is -2.13. The summed E-state index contributed by atoms with van der Waals surface area (Å²) in [7, 11) is 0. The highest BCUT2D eigenvalue weighted by Crippen LogP contribution is 2.19. The Bertz CT molecular complexity index is 373. The van der Waals surface area contributed by atoms with E-state index in [0.717, 1.165) is 31.2 Å². The third-order valence-corrected chi connectivity index (χ3v) is 2.84. The van der Waals surface area contributed by atoms with Crippen LogP contribution in [-0.2, 0) is 4.79 Å². The number of rotatable bonds is 7. The molecule has 1 aromatic rings. The maximum Gasteiger partial charge on any atom is 0.224 e. The van der Waals surface area contributed by atoms with Gasteiger partial charge in [-0.2, -0.15) is 0 Å². The molecule has 18 heavy (non-hydrogen) atoms. The lowest BCUT2D eigenvalue weighted by atomic mass is 10.1. The molecule has 0 aromatic heterocycles. The van der Waals surface area contributed by atoms with Crippen LogP contribution in [0, 0.1) is 12.7 Å². The molecular formula is C14H21FN2O. The molecule has 0 spiro atoms. The number of benzene rings is 1. The van der Waals surface area contributed by atoms with Crippen molar-refractivity contribution in [2.24, 2.45) is 5.73 Å². The second-order valence-electron chi connectivity index (χ2n) is 4.43. The van der Waals surface area contributed by atoms with E-state index < -0.39 is 0 Å². The van der Waals surface area contributed by atoms with Crippen LogP contribution in [0.3, 0.4) is 0 Å². The van der Waals surface area contributed by atoms with Gasteiger partial charge in [0.2, 0.25) is 5.91 Å². The van der Waals surface area contributed by atoms with Crippen molar-refractivity contribution in [2.75, 3.05) is 11.9 Å². The number of amides is 1. The number of nitrogens with two attached hydrogens (primary N) is 1. The molecule has 0 aliphatic rings. The van der Waals surface area contributed by atoms with Gasteiger partial charge in [-0.25, -0.2) is 4.39 Å². The van der Waals surface area contributed by atoms with Crippen molar-refractivity contribution >= 4 is 11.6 Å². The zero-order chi connectivity index (χ0) is 13.4. The second kappa shape index (κ2) is 7.82. The van der Waals surface area contributed by atoms with E-state index in [-0.39, 0.29) is 11.7 Å². The van der Waals surface area contributed by atoms with E-state index >= 15 is 0 Å². The van der Waals surface area contributed by atoms with Crippen LogP contribution in [0.15, 0.2) is 18.2 Å². The van der Waals surface area contributed by atoms with Crippen LogP contribution in [0.1, 0.15) is 37.7 Å². The van der Waals surface area contributed by atoms with E-state index in [2.05, 4.69) is 5.32 Å². The summed E-state index contributed by atoms with van der Waals surface area (Å²) in [6.45, 7) is 2.47. The first-order valence-corrected chi connectivity index (χ1v) is 6.40. The van der Waals surface area contributed by atoms with Gasteiger partial charge in [-0.05, 0) is 37.9 Å². The minimum Gasteiger partial charge on any atom is -0.330 e. The Morgan fingerprint density at radius 1 is 1.28 bits per heavy atom. The molecule has 1 aromatic carbocycles. The van der Waals surface area contributed by atoms with Crippen molar-refractivity contribution in [3.8, 4) is 0 Å². The van der Waals surface area contributed by atoms with E-state index in [1.807, 2.05) is 0 Å². The highest BCUT2D eigenvalue weighted by atomic mass is 19.1. The van der Waals surface area contributed by atoms with Gasteiger partial charge >= 0.3 is 0 Å². The number of carbonyl (C=O) groups excluding carboxylic acids is 1. The molecule has 1 amide bonds. The van der Waals surface area contributed by atoms with E-state index in [4.69, 9.17) is 5.73 Å². The zero-order valence-corrected chi connectivity index (χ0v) is 10.8. The molecule has 1 rings (SSSR count). The van der Waals surface area contributed by atoms with Crippen LogP contribution in [0.4, 0.5) is 10.1 Å². The molecule has 4 heteroatoms. The molecule has 0 unspecified atom stereocenters. The van der Waals surface area contributed by atoms with Gasteiger partial charge in [-0.1, -0.05) is 25.0 Å². The van der Waals surface area contributed by atoms with Crippen molar-refractivity contribution in [1.29, 1.82) is 0 Å². The monoisotopic (exact) mass is 252 g/mol. The number of hydrogen-bond donors (Lipinski definition) is 2. The van der Waals surface area contributed by atoms with Crippen LogP contribution in [0.2, 0.25) is 0 Å². The van der Waals surface area contributed by atoms with Crippen LogP contribution in [0.5, 0.6) is 0 Å². The number of unbranched alkanes of at least 4 members (excludes halogenated alkanes) is 3. The first kappa shape index (κ1) is 14.6. The SMILES string of the molecule is Cc1cccc(F)c1NC(=O)CCCCCCN. The standard InChI is InChI=1S/C14H21FN2O/c1-11-7-6-8-12(15)14(11)17-13(18)9-4-2-3-5-10-16/h6-8H,2-5,9-10,16H2,1H3,(H,17,18). The molecule has 0 saturated carbocycles. The van der Waals surface area contributed by atoms with Crippen molar-refractivity contribution in [3.05, 3.63) is 29.6 Å². The van der Waals surface area contributed by atoms with E-state index in [1.165, 1.54) is 6.07 Å². The summed E-state index contributed by atoms with van der Waals surface area (Å²) >= 11 is 0. The molecule has 0 heterocycles. The third-order valence-electron chi connectivity index (χ3n) is 2.84. The Hall–Kier alpha value is -1.42. The summed E-state index contributed by atoms with van der Waals surface area (Å²) in [4.78, 5) is 11.6. The van der Waals surface area contributed by atoms with Crippen molar-refractivity contribution in [2.45, 2.75) is 39.0 Å². The second-order valence-corrected chi connectivity index (χ2v) is 4.43. The average Bonchev–Trinajstić information content (AvgIpc) is 2.34. The Balaban J connectivity index is 2.36. The number of halogens is 1. The van der Waals surface area contributed by atoms with Gasteiger partial charge in [0.25, 0.3) is 0 Å². The lowest BCUT2D eigenvalue weighted by molar-refractivity contribution is -0.116. The number of hydrogen-bond acceptors (Lipinski definition) is 2. The maximum absolute atomic E-state index is 13.5. The number of para-hydroxylation sites is 1. The minimum atomic E-state index is -0.383. The van der Waals surface area contributed by atoms with Crippen LogP contribution < -0.4 is 11.1 Å². The number of nitrogens with one attached hydrogen (secondary N) is 1. The Morgan fingerprint density at radius 3 is 2.67 bits per heavy atom. The highest BCUT2D eigenvalue weighted by molar-refractivity contribution is 5.91. The molecule has 0 aliphatic carbocycles. The summed E-state index contributed by atoms with van der Waals surface area (Å²) in [5, 5.41) is 2.63.